The van der Waals surface area contributed by atoms with Gasteiger partial charge in [-0.15, -0.1) is 0 Å². The molecule has 2 fully saturated rings. The van der Waals surface area contributed by atoms with E-state index in [4.69, 9.17) is 4.98 Å². The van der Waals surface area contributed by atoms with Gasteiger partial charge in [-0.3, -0.25) is 0 Å². The fourth-order valence-electron chi connectivity index (χ4n) is 5.40. The van der Waals surface area contributed by atoms with Gasteiger partial charge in [-0.25, -0.2) is 9.97 Å². The molecular formula is C27H38N4. The minimum absolute atomic E-state index is 0.223. The van der Waals surface area contributed by atoms with Crippen molar-refractivity contribution < 1.29 is 0 Å². The maximum atomic E-state index is 5.03. The Morgan fingerprint density at radius 3 is 2.42 bits per heavy atom. The van der Waals surface area contributed by atoms with Gasteiger partial charge in [-0.2, -0.15) is 0 Å². The number of pyridine rings is 2. The highest BCUT2D eigenvalue weighted by atomic mass is 15.2. The van der Waals surface area contributed by atoms with Gasteiger partial charge in [-0.1, -0.05) is 53.5 Å². The number of aromatic nitrogens is 2. The Bertz CT molecular complexity index is 925. The van der Waals surface area contributed by atoms with Crippen LogP contribution in [0.3, 0.4) is 0 Å². The van der Waals surface area contributed by atoms with Gasteiger partial charge in [0, 0.05) is 18.4 Å². The van der Waals surface area contributed by atoms with Crippen molar-refractivity contribution in [3.8, 4) is 0 Å². The molecule has 3 heterocycles. The minimum atomic E-state index is 0.223. The van der Waals surface area contributed by atoms with E-state index in [1.165, 1.54) is 48.9 Å². The molecule has 0 amide bonds. The van der Waals surface area contributed by atoms with E-state index in [0.29, 0.717) is 11.8 Å². The van der Waals surface area contributed by atoms with Gasteiger partial charge in [0.15, 0.2) is 0 Å². The molecule has 4 rings (SSSR count). The summed E-state index contributed by atoms with van der Waals surface area (Å²) >= 11 is 0. The van der Waals surface area contributed by atoms with Crippen LogP contribution in [0.25, 0.3) is 0 Å². The fourth-order valence-corrected chi connectivity index (χ4v) is 5.40. The van der Waals surface area contributed by atoms with Crippen molar-refractivity contribution in [3.05, 3.63) is 53.9 Å². The summed E-state index contributed by atoms with van der Waals surface area (Å²) < 4.78 is 0. The molecule has 2 aromatic rings. The van der Waals surface area contributed by atoms with Crippen LogP contribution in [0.4, 0.5) is 17.5 Å². The summed E-state index contributed by atoms with van der Waals surface area (Å²) in [4.78, 5) is 11.9. The zero-order valence-corrected chi connectivity index (χ0v) is 19.7. The standard InChI is InChI=1S/C27H38N4/c1-19(2)22-11-14-28-24(16-22)29-25-17-23(27(20(3)4)12-7-6-8-13-27)18-26(30-25)31-15-9-10-21(31)5/h11,14,16-20H,5-10,12-13,15H2,1-4H3,(H,28,29,30). The van der Waals surface area contributed by atoms with E-state index >= 15 is 0 Å². The quantitative estimate of drug-likeness (QED) is 0.534. The number of rotatable bonds is 6. The predicted octanol–water partition coefficient (Wildman–Crippen LogP) is 7.32. The number of nitrogens with zero attached hydrogens (tertiary/aromatic N) is 3. The van der Waals surface area contributed by atoms with Crippen LogP contribution < -0.4 is 10.2 Å². The second-order valence-electron chi connectivity index (χ2n) is 10.0. The average Bonchev–Trinajstić information content (AvgIpc) is 3.20. The summed E-state index contributed by atoms with van der Waals surface area (Å²) in [5.41, 5.74) is 4.11. The summed E-state index contributed by atoms with van der Waals surface area (Å²) in [5, 5.41) is 3.53. The van der Waals surface area contributed by atoms with E-state index in [2.05, 4.69) is 73.7 Å². The van der Waals surface area contributed by atoms with Crippen LogP contribution in [-0.4, -0.2) is 16.5 Å². The first-order valence-corrected chi connectivity index (χ1v) is 12.1. The number of nitrogens with one attached hydrogen (secondary N) is 1. The molecule has 1 N–H and O–H groups in total. The highest BCUT2D eigenvalue weighted by molar-refractivity contribution is 5.61. The van der Waals surface area contributed by atoms with E-state index in [-0.39, 0.29) is 5.41 Å². The van der Waals surface area contributed by atoms with Gasteiger partial charge in [0.05, 0.1) is 0 Å². The van der Waals surface area contributed by atoms with Crippen molar-refractivity contribution in [1.82, 2.24) is 9.97 Å². The molecular weight excluding hydrogens is 380 g/mol. The van der Waals surface area contributed by atoms with Gasteiger partial charge in [0.1, 0.15) is 17.5 Å². The number of hydrogen-bond donors (Lipinski definition) is 1. The van der Waals surface area contributed by atoms with Gasteiger partial charge >= 0.3 is 0 Å². The molecule has 0 spiro atoms. The predicted molar refractivity (Wildman–Crippen MR) is 131 cm³/mol. The molecule has 1 aliphatic heterocycles. The van der Waals surface area contributed by atoms with Crippen LogP contribution in [0.15, 0.2) is 42.7 Å². The molecule has 2 aliphatic rings. The number of allylic oxidation sites excluding steroid dienone is 1. The number of anilines is 3. The van der Waals surface area contributed by atoms with E-state index in [9.17, 15) is 0 Å². The molecule has 4 heteroatoms. The molecule has 1 saturated carbocycles. The summed E-state index contributed by atoms with van der Waals surface area (Å²) in [5.74, 6) is 3.86. The maximum absolute atomic E-state index is 5.03. The SMILES string of the molecule is C=C1CCCN1c1cc(C2(C(C)C)CCCCC2)cc(Nc2cc(C(C)C)ccn2)n1. The van der Waals surface area contributed by atoms with Crippen molar-refractivity contribution >= 4 is 17.5 Å². The molecule has 1 aliphatic carbocycles. The lowest BCUT2D eigenvalue weighted by molar-refractivity contribution is 0.216. The largest absolute Gasteiger partial charge is 0.331 e. The van der Waals surface area contributed by atoms with Gasteiger partial charge in [0.2, 0.25) is 0 Å². The van der Waals surface area contributed by atoms with Gasteiger partial charge in [0.25, 0.3) is 0 Å². The Hall–Kier alpha value is -2.36. The first-order valence-electron chi connectivity index (χ1n) is 12.1. The normalized spacial score (nSPS) is 18.8. The second-order valence-corrected chi connectivity index (χ2v) is 10.0. The van der Waals surface area contributed by atoms with Crippen molar-refractivity contribution in [1.29, 1.82) is 0 Å². The molecule has 0 bridgehead atoms. The monoisotopic (exact) mass is 418 g/mol. The van der Waals surface area contributed by atoms with Gasteiger partial charge < -0.3 is 10.2 Å². The summed E-state index contributed by atoms with van der Waals surface area (Å²) in [6.07, 6.45) is 10.6. The Morgan fingerprint density at radius 1 is 1.00 bits per heavy atom. The lowest BCUT2D eigenvalue weighted by atomic mass is 9.63. The van der Waals surface area contributed by atoms with Crippen molar-refractivity contribution in [3.63, 3.8) is 0 Å². The Balaban J connectivity index is 1.76. The van der Waals surface area contributed by atoms with Crippen LogP contribution in [0.1, 0.15) is 89.7 Å². The van der Waals surface area contributed by atoms with Gasteiger partial charge in [-0.05, 0) is 78.3 Å². The molecule has 0 aromatic carbocycles. The molecule has 2 aromatic heterocycles. The van der Waals surface area contributed by atoms with Crippen LogP contribution in [0.2, 0.25) is 0 Å². The van der Waals surface area contributed by atoms with Crippen molar-refractivity contribution in [2.24, 2.45) is 5.92 Å². The Kier molecular flexibility index (Phi) is 6.36. The van der Waals surface area contributed by atoms with E-state index in [1.54, 1.807) is 0 Å². The van der Waals surface area contributed by atoms with Crippen LogP contribution in [0, 0.1) is 5.92 Å². The van der Waals surface area contributed by atoms with Crippen LogP contribution >= 0.6 is 0 Å². The molecule has 166 valence electrons. The molecule has 31 heavy (non-hydrogen) atoms. The zero-order valence-electron chi connectivity index (χ0n) is 19.7. The Labute approximate surface area is 188 Å². The average molecular weight is 419 g/mol. The maximum Gasteiger partial charge on any atom is 0.135 e. The number of hydrogen-bond acceptors (Lipinski definition) is 4. The summed E-state index contributed by atoms with van der Waals surface area (Å²) in [6.45, 7) is 14.5. The fraction of sp³-hybridized carbons (Fsp3) is 0.556. The first kappa shape index (κ1) is 21.9. The highest BCUT2D eigenvalue weighted by Crippen LogP contribution is 2.46. The van der Waals surface area contributed by atoms with Crippen molar-refractivity contribution in [2.75, 3.05) is 16.8 Å². The topological polar surface area (TPSA) is 41.0 Å². The second kappa shape index (κ2) is 9.02. The molecule has 4 nitrogen and oxygen atoms in total. The minimum Gasteiger partial charge on any atom is -0.331 e. The molecule has 0 radical (unpaired) electrons. The third kappa shape index (κ3) is 4.49. The first-order chi connectivity index (χ1) is 14.9. The lowest BCUT2D eigenvalue weighted by Crippen LogP contribution is -2.35. The van der Waals surface area contributed by atoms with Crippen LogP contribution in [-0.2, 0) is 5.41 Å². The summed E-state index contributed by atoms with van der Waals surface area (Å²) in [6, 6.07) is 8.88. The summed E-state index contributed by atoms with van der Waals surface area (Å²) in [7, 11) is 0. The third-order valence-corrected chi connectivity index (χ3v) is 7.45. The molecule has 0 atom stereocenters. The van der Waals surface area contributed by atoms with E-state index < -0.39 is 0 Å². The van der Waals surface area contributed by atoms with Crippen LogP contribution in [0.5, 0.6) is 0 Å². The lowest BCUT2D eigenvalue weighted by Gasteiger charge is -2.42. The Morgan fingerprint density at radius 2 is 1.77 bits per heavy atom. The van der Waals surface area contributed by atoms with E-state index in [1.807, 2.05) is 6.20 Å². The molecule has 0 unspecified atom stereocenters. The third-order valence-electron chi connectivity index (χ3n) is 7.45. The molecule has 1 saturated heterocycles. The van der Waals surface area contributed by atoms with E-state index in [0.717, 1.165) is 36.8 Å². The van der Waals surface area contributed by atoms with Crippen molar-refractivity contribution in [2.45, 2.75) is 84.0 Å². The smallest absolute Gasteiger partial charge is 0.135 e. The highest BCUT2D eigenvalue weighted by Gasteiger charge is 2.38. The zero-order chi connectivity index (χ0) is 22.0.